The highest BCUT2D eigenvalue weighted by Crippen LogP contribution is 2.47. The predicted molar refractivity (Wildman–Crippen MR) is 173 cm³/mol. The average molecular weight is 625 g/mol. The van der Waals surface area contributed by atoms with Crippen LogP contribution in [-0.4, -0.2) is 51.7 Å². The van der Waals surface area contributed by atoms with Crippen LogP contribution in [0.5, 0.6) is 0 Å². The normalized spacial score (nSPS) is 21.8. The van der Waals surface area contributed by atoms with Crippen LogP contribution in [0.4, 0.5) is 0 Å². The zero-order valence-electron chi connectivity index (χ0n) is 26.5. The summed E-state index contributed by atoms with van der Waals surface area (Å²) in [6.07, 6.45) is 8.50. The fraction of sp³-hybridized carbons (Fsp3) is 0.457. The first-order valence-electron chi connectivity index (χ1n) is 16.3. The molecule has 1 aliphatic carbocycles. The summed E-state index contributed by atoms with van der Waals surface area (Å²) in [5, 5.41) is 19.0. The molecule has 2 N–H and O–H groups in total. The van der Waals surface area contributed by atoms with Crippen LogP contribution in [0.15, 0.2) is 69.0 Å². The summed E-state index contributed by atoms with van der Waals surface area (Å²) in [4.78, 5) is 33.2. The van der Waals surface area contributed by atoms with Gasteiger partial charge < -0.3 is 9.84 Å². The number of aromatic amines is 1. The van der Waals surface area contributed by atoms with E-state index in [1.807, 2.05) is 71.5 Å². The lowest BCUT2D eigenvalue weighted by atomic mass is 9.80. The Morgan fingerprint density at radius 2 is 1.74 bits per heavy atom. The maximum absolute atomic E-state index is 14.4. The van der Waals surface area contributed by atoms with Crippen LogP contribution in [0.2, 0.25) is 0 Å². The molecule has 1 unspecified atom stereocenters. The van der Waals surface area contributed by atoms with Crippen molar-refractivity contribution in [2.75, 3.05) is 0 Å². The molecule has 3 aromatic heterocycles. The van der Waals surface area contributed by atoms with E-state index >= 15 is 0 Å². The molecular weight excluding hydrogens is 584 g/mol. The lowest BCUT2D eigenvalue weighted by Crippen LogP contribution is -2.42. The van der Waals surface area contributed by atoms with Crippen LogP contribution in [0.3, 0.4) is 0 Å². The van der Waals surface area contributed by atoms with Crippen molar-refractivity contribution in [3.05, 3.63) is 92.6 Å². The molecule has 1 atom stereocenters. The number of ether oxygens (including phenoxy) is 1. The molecule has 240 valence electrons. The van der Waals surface area contributed by atoms with Crippen molar-refractivity contribution >= 4 is 5.78 Å². The molecule has 2 aliphatic rings. The molecule has 2 aromatic carbocycles. The Labute approximate surface area is 266 Å². The van der Waals surface area contributed by atoms with E-state index in [1.54, 1.807) is 6.33 Å². The Morgan fingerprint density at radius 3 is 2.39 bits per heavy atom. The number of aryl methyl sites for hydroxylation is 1. The van der Waals surface area contributed by atoms with Gasteiger partial charge in [-0.1, -0.05) is 67.0 Å². The summed E-state index contributed by atoms with van der Waals surface area (Å²) in [7, 11) is 0. The topological polar surface area (TPSA) is 141 Å². The lowest BCUT2D eigenvalue weighted by molar-refractivity contribution is -0.135. The molecule has 11 nitrogen and oxygen atoms in total. The van der Waals surface area contributed by atoms with Crippen molar-refractivity contribution in [3.63, 3.8) is 0 Å². The van der Waals surface area contributed by atoms with Crippen molar-refractivity contribution in [2.24, 2.45) is 0 Å². The van der Waals surface area contributed by atoms with E-state index in [-0.39, 0.29) is 23.3 Å². The molecule has 1 spiro atoms. The number of nitrogens with one attached hydrogen (secondary N) is 1. The van der Waals surface area contributed by atoms with Crippen molar-refractivity contribution < 1.29 is 14.4 Å². The SMILES string of the molecule is CCCc1c(Cc2ccc(-c3ccccc3-c3noc(=O)[nH]3)cc2)c(=O)n([C@H]2CC[C@]3(CCC(C(C)(C)O)O3)CC2)c2ncnn12. The second-order valence-electron chi connectivity index (χ2n) is 13.4. The molecule has 46 heavy (non-hydrogen) atoms. The molecule has 5 aromatic rings. The predicted octanol–water partition coefficient (Wildman–Crippen LogP) is 5.25. The number of fused-ring (bicyclic) bond motifs is 1. The first kappa shape index (κ1) is 30.3. The number of benzene rings is 2. The maximum Gasteiger partial charge on any atom is 0.439 e. The number of H-pyrrole nitrogens is 1. The number of aromatic nitrogens is 6. The highest BCUT2D eigenvalue weighted by atomic mass is 16.5. The number of rotatable bonds is 8. The zero-order valence-corrected chi connectivity index (χ0v) is 26.5. The molecule has 7 rings (SSSR count). The van der Waals surface area contributed by atoms with Gasteiger partial charge in [0.15, 0.2) is 5.82 Å². The summed E-state index contributed by atoms with van der Waals surface area (Å²) >= 11 is 0. The summed E-state index contributed by atoms with van der Waals surface area (Å²) < 4.78 is 15.0. The molecule has 0 amide bonds. The third-order valence-electron chi connectivity index (χ3n) is 9.86. The standard InChI is InChI=1S/C35H40N6O5/c1-4-7-28-27(20-22-10-12-23(13-11-22)25-8-5-6-9-26(25)30-38-33(43)46-39-30)31(42)40(32-36-21-37-41(28)32)24-14-17-35(18-15-24)19-16-29(45-35)34(2,3)44/h5-6,8-13,21,24,29,44H,4,7,14-20H2,1-3H3,(H,38,39,43)/t24-,29?,35+. The highest BCUT2D eigenvalue weighted by molar-refractivity contribution is 5.80. The first-order valence-corrected chi connectivity index (χ1v) is 16.3. The minimum absolute atomic E-state index is 0.00369. The van der Waals surface area contributed by atoms with Gasteiger partial charge in [-0.3, -0.25) is 18.9 Å². The fourth-order valence-electron chi connectivity index (χ4n) is 7.44. The van der Waals surface area contributed by atoms with Crippen LogP contribution in [0.1, 0.15) is 88.6 Å². The molecule has 0 bridgehead atoms. The van der Waals surface area contributed by atoms with Crippen LogP contribution in [0.25, 0.3) is 28.3 Å². The fourth-order valence-corrected chi connectivity index (χ4v) is 7.44. The molecule has 4 heterocycles. The second-order valence-corrected chi connectivity index (χ2v) is 13.4. The molecule has 0 radical (unpaired) electrons. The Hall–Kier alpha value is -4.35. The van der Waals surface area contributed by atoms with E-state index in [0.717, 1.165) is 78.5 Å². The lowest BCUT2D eigenvalue weighted by Gasteiger charge is -2.39. The molecule has 1 saturated heterocycles. The second kappa shape index (κ2) is 11.8. The van der Waals surface area contributed by atoms with Gasteiger partial charge in [0.25, 0.3) is 5.56 Å². The Bertz CT molecular complexity index is 1970. The summed E-state index contributed by atoms with van der Waals surface area (Å²) in [5.74, 6) is 0.371. The van der Waals surface area contributed by atoms with Gasteiger partial charge in [0.1, 0.15) is 6.33 Å². The first-order chi connectivity index (χ1) is 22.2. The maximum atomic E-state index is 14.4. The van der Waals surface area contributed by atoms with Gasteiger partial charge >= 0.3 is 5.76 Å². The number of nitrogens with zero attached hydrogens (tertiary/aromatic N) is 5. The third-order valence-corrected chi connectivity index (χ3v) is 9.86. The van der Waals surface area contributed by atoms with Gasteiger partial charge in [-0.2, -0.15) is 10.1 Å². The van der Waals surface area contributed by atoms with Gasteiger partial charge in [0, 0.05) is 23.6 Å². The van der Waals surface area contributed by atoms with E-state index < -0.39 is 11.4 Å². The summed E-state index contributed by atoms with van der Waals surface area (Å²) in [6, 6.07) is 15.8. The third kappa shape index (κ3) is 5.51. The average Bonchev–Trinajstić information content (AvgIpc) is 3.81. The monoisotopic (exact) mass is 624 g/mol. The molecule has 1 aliphatic heterocycles. The van der Waals surface area contributed by atoms with Crippen LogP contribution >= 0.6 is 0 Å². The largest absolute Gasteiger partial charge is 0.439 e. The Morgan fingerprint density at radius 1 is 1.02 bits per heavy atom. The van der Waals surface area contributed by atoms with E-state index in [9.17, 15) is 14.7 Å². The van der Waals surface area contributed by atoms with Crippen molar-refractivity contribution in [3.8, 4) is 22.5 Å². The van der Waals surface area contributed by atoms with Crippen molar-refractivity contribution in [1.29, 1.82) is 0 Å². The van der Waals surface area contributed by atoms with Crippen LogP contribution in [-0.2, 0) is 17.6 Å². The quantitative estimate of drug-likeness (QED) is 0.239. The molecule has 2 fully saturated rings. The number of aliphatic hydroxyl groups is 1. The van der Waals surface area contributed by atoms with E-state index in [2.05, 4.69) is 27.1 Å². The Balaban J connectivity index is 1.19. The molecule has 11 heteroatoms. The molecular formula is C35H40N6O5. The highest BCUT2D eigenvalue weighted by Gasteiger charge is 2.47. The summed E-state index contributed by atoms with van der Waals surface area (Å²) in [6.45, 7) is 5.74. The van der Waals surface area contributed by atoms with Gasteiger partial charge in [0.05, 0.1) is 23.0 Å². The smallest absolute Gasteiger partial charge is 0.388 e. The van der Waals surface area contributed by atoms with Gasteiger partial charge in [0.2, 0.25) is 5.78 Å². The minimum atomic E-state index is -0.867. The van der Waals surface area contributed by atoms with E-state index in [0.29, 0.717) is 24.4 Å². The van der Waals surface area contributed by atoms with Crippen LogP contribution < -0.4 is 11.3 Å². The number of hydrogen-bond acceptors (Lipinski definition) is 8. The van der Waals surface area contributed by atoms with E-state index in [4.69, 9.17) is 9.26 Å². The van der Waals surface area contributed by atoms with E-state index in [1.165, 1.54) is 0 Å². The van der Waals surface area contributed by atoms with Crippen molar-refractivity contribution in [1.82, 2.24) is 29.3 Å². The summed E-state index contributed by atoms with van der Waals surface area (Å²) in [5.41, 5.74) is 4.18. The minimum Gasteiger partial charge on any atom is -0.388 e. The molecule has 1 saturated carbocycles. The Kier molecular flexibility index (Phi) is 7.76. The van der Waals surface area contributed by atoms with Gasteiger partial charge in [-0.15, -0.1) is 0 Å². The van der Waals surface area contributed by atoms with Gasteiger partial charge in [-0.25, -0.2) is 9.31 Å². The van der Waals surface area contributed by atoms with Crippen molar-refractivity contribution in [2.45, 2.75) is 102 Å². The van der Waals surface area contributed by atoms with Gasteiger partial charge in [-0.05, 0) is 75.5 Å². The van der Waals surface area contributed by atoms with Crippen LogP contribution in [0, 0.1) is 0 Å². The number of hydrogen-bond donors (Lipinski definition) is 2. The zero-order chi connectivity index (χ0) is 32.1.